The Morgan fingerprint density at radius 2 is 2.00 bits per heavy atom. The number of hydrogen-bond donors (Lipinski definition) is 2. The lowest BCUT2D eigenvalue weighted by molar-refractivity contribution is -0.147. The first-order valence-electron chi connectivity index (χ1n) is 9.85. The van der Waals surface area contributed by atoms with Crippen LogP contribution in [-0.4, -0.2) is 27.5 Å². The van der Waals surface area contributed by atoms with E-state index in [0.717, 1.165) is 16.9 Å². The minimum Gasteiger partial charge on any atom is -0.335 e. The fraction of sp³-hybridized carbons (Fsp3) is 0.550. The Hall–Kier alpha value is -2.58. The van der Waals surface area contributed by atoms with Crippen molar-refractivity contribution < 1.29 is 22.8 Å². The molecule has 2 fully saturated rings. The Morgan fingerprint density at radius 3 is 2.66 bits per heavy atom. The van der Waals surface area contributed by atoms with Crippen LogP contribution < -0.4 is 10.6 Å². The molecule has 156 valence electrons. The molecule has 2 saturated carbocycles. The molecule has 29 heavy (non-hydrogen) atoms. The lowest BCUT2D eigenvalue weighted by Gasteiger charge is -2.28. The van der Waals surface area contributed by atoms with Crippen molar-refractivity contribution >= 4 is 23.0 Å². The third kappa shape index (κ3) is 3.95. The maximum Gasteiger partial charge on any atom is 0.449 e. The van der Waals surface area contributed by atoms with Crippen LogP contribution in [0.1, 0.15) is 38.4 Å². The number of hydrogen-bond acceptors (Lipinski definition) is 3. The van der Waals surface area contributed by atoms with Crippen LogP contribution in [0.15, 0.2) is 24.3 Å². The van der Waals surface area contributed by atoms with E-state index in [4.69, 9.17) is 0 Å². The molecule has 9 heteroatoms. The van der Waals surface area contributed by atoms with Crippen molar-refractivity contribution in [2.24, 2.45) is 17.8 Å². The molecule has 3 amide bonds. The van der Waals surface area contributed by atoms with Gasteiger partial charge < -0.3 is 9.88 Å². The fourth-order valence-corrected chi connectivity index (χ4v) is 5.02. The van der Waals surface area contributed by atoms with Gasteiger partial charge in [-0.05, 0) is 56.1 Å². The molecule has 2 N–H and O–H groups in total. The molecule has 0 aliphatic heterocycles. The molecule has 1 aromatic carbocycles. The predicted molar refractivity (Wildman–Crippen MR) is 99.8 cm³/mol. The van der Waals surface area contributed by atoms with Crippen LogP contribution >= 0.6 is 0 Å². The van der Waals surface area contributed by atoms with Gasteiger partial charge in [0.1, 0.15) is 6.54 Å². The summed E-state index contributed by atoms with van der Waals surface area (Å²) in [7, 11) is 0. The Morgan fingerprint density at radius 1 is 1.24 bits per heavy atom. The molecule has 2 aromatic rings. The summed E-state index contributed by atoms with van der Waals surface area (Å²) in [4.78, 5) is 28.1. The largest absolute Gasteiger partial charge is 0.449 e. The Labute approximate surface area is 165 Å². The van der Waals surface area contributed by atoms with E-state index in [1.54, 1.807) is 12.1 Å². The number of imidazole rings is 1. The summed E-state index contributed by atoms with van der Waals surface area (Å²) in [5.41, 5.74) is 0.327. The van der Waals surface area contributed by atoms with Crippen LogP contribution in [0, 0.1) is 17.8 Å². The highest BCUT2D eigenvalue weighted by Gasteiger charge is 2.42. The van der Waals surface area contributed by atoms with E-state index in [-0.39, 0.29) is 17.1 Å². The van der Waals surface area contributed by atoms with E-state index in [2.05, 4.69) is 15.6 Å². The predicted octanol–water partition coefficient (Wildman–Crippen LogP) is 3.71. The van der Waals surface area contributed by atoms with Crippen molar-refractivity contribution in [3.05, 3.63) is 30.1 Å². The number of carbonyl (C=O) groups excluding carboxylic acids is 2. The Kier molecular flexibility index (Phi) is 5.00. The van der Waals surface area contributed by atoms with Gasteiger partial charge in [-0.25, -0.2) is 9.78 Å². The number of para-hydroxylation sites is 2. The number of nitrogens with one attached hydrogen (secondary N) is 2. The van der Waals surface area contributed by atoms with Crippen molar-refractivity contribution in [2.45, 2.75) is 51.4 Å². The molecule has 1 aromatic heterocycles. The van der Waals surface area contributed by atoms with Gasteiger partial charge in [0.25, 0.3) is 0 Å². The number of alkyl halides is 3. The Bertz CT molecular complexity index is 939. The van der Waals surface area contributed by atoms with Gasteiger partial charge in [0.05, 0.1) is 11.0 Å². The van der Waals surface area contributed by atoms with Crippen LogP contribution in [-0.2, 0) is 17.5 Å². The number of urea groups is 1. The molecule has 0 saturated heterocycles. The minimum atomic E-state index is -4.71. The third-order valence-electron chi connectivity index (χ3n) is 6.26. The highest BCUT2D eigenvalue weighted by molar-refractivity contribution is 5.95. The van der Waals surface area contributed by atoms with Crippen LogP contribution in [0.2, 0.25) is 0 Å². The molecular formula is C20H23F3N4O2. The monoisotopic (exact) mass is 408 g/mol. The molecule has 2 bridgehead atoms. The molecule has 0 spiro atoms. The van der Waals surface area contributed by atoms with Crippen LogP contribution in [0.3, 0.4) is 0 Å². The number of fused-ring (bicyclic) bond motifs is 3. The van der Waals surface area contributed by atoms with Crippen molar-refractivity contribution in [1.29, 1.82) is 0 Å². The summed E-state index contributed by atoms with van der Waals surface area (Å²) in [6, 6.07) is 5.29. The number of rotatable bonds is 4. The van der Waals surface area contributed by atoms with Gasteiger partial charge in [0, 0.05) is 6.04 Å². The van der Waals surface area contributed by atoms with Crippen molar-refractivity contribution in [3.63, 3.8) is 0 Å². The second kappa shape index (κ2) is 7.35. The van der Waals surface area contributed by atoms with E-state index in [0.29, 0.717) is 11.8 Å². The SMILES string of the molecule is C[C@@H](NC(=O)NC(=O)Cn1c(C(F)(F)F)nc2ccccc21)[C@H]1C[C@H]2CC[C@H]1C2. The highest BCUT2D eigenvalue weighted by Crippen LogP contribution is 2.49. The van der Waals surface area contributed by atoms with Crippen LogP contribution in [0.5, 0.6) is 0 Å². The highest BCUT2D eigenvalue weighted by atomic mass is 19.4. The lowest BCUT2D eigenvalue weighted by Crippen LogP contribution is -2.47. The zero-order valence-electron chi connectivity index (χ0n) is 16.0. The summed E-state index contributed by atoms with van der Waals surface area (Å²) in [5.74, 6) is -0.253. The number of aromatic nitrogens is 2. The number of benzene rings is 1. The van der Waals surface area contributed by atoms with E-state index < -0.39 is 30.5 Å². The molecule has 6 nitrogen and oxygen atoms in total. The van der Waals surface area contributed by atoms with Gasteiger partial charge in [-0.3, -0.25) is 10.1 Å². The quantitative estimate of drug-likeness (QED) is 0.810. The fourth-order valence-electron chi connectivity index (χ4n) is 5.02. The molecule has 2 aliphatic carbocycles. The first-order valence-corrected chi connectivity index (χ1v) is 9.85. The molecule has 1 heterocycles. The van der Waals surface area contributed by atoms with Gasteiger partial charge in [-0.1, -0.05) is 18.6 Å². The van der Waals surface area contributed by atoms with E-state index in [1.165, 1.54) is 31.4 Å². The zero-order valence-corrected chi connectivity index (χ0v) is 16.0. The molecular weight excluding hydrogens is 385 g/mol. The second-order valence-electron chi connectivity index (χ2n) is 8.16. The van der Waals surface area contributed by atoms with Crippen LogP contribution in [0.25, 0.3) is 11.0 Å². The number of imide groups is 1. The second-order valence-corrected chi connectivity index (χ2v) is 8.16. The average Bonchev–Trinajstić information content (AvgIpc) is 3.35. The van der Waals surface area contributed by atoms with E-state index in [1.807, 2.05) is 6.92 Å². The topological polar surface area (TPSA) is 76.0 Å². The van der Waals surface area contributed by atoms with Crippen molar-refractivity contribution in [2.75, 3.05) is 0 Å². The summed E-state index contributed by atoms with van der Waals surface area (Å²) < 4.78 is 40.8. The Balaban J connectivity index is 1.41. The molecule has 2 aliphatic rings. The standard InChI is InChI=1S/C20H23F3N4O2/c1-11(14-9-12-6-7-13(14)8-12)24-19(29)26-17(28)10-27-16-5-3-2-4-15(16)25-18(27)20(21,22)23/h2-5,11-14H,6-10H2,1H3,(H2,24,26,28,29)/t11-,12+,13+,14-/m1/s1. The van der Waals surface area contributed by atoms with Crippen LogP contribution in [0.4, 0.5) is 18.0 Å². The van der Waals surface area contributed by atoms with Gasteiger partial charge in [-0.2, -0.15) is 13.2 Å². The first-order chi connectivity index (χ1) is 13.7. The van der Waals surface area contributed by atoms with E-state index >= 15 is 0 Å². The maximum atomic E-state index is 13.3. The van der Waals surface area contributed by atoms with Crippen molar-refractivity contribution in [3.8, 4) is 0 Å². The number of amides is 3. The number of nitrogens with zero attached hydrogens (tertiary/aromatic N) is 2. The molecule has 0 unspecified atom stereocenters. The first kappa shape index (κ1) is 19.7. The molecule has 0 radical (unpaired) electrons. The van der Waals surface area contributed by atoms with Gasteiger partial charge >= 0.3 is 12.2 Å². The lowest BCUT2D eigenvalue weighted by atomic mass is 9.84. The smallest absolute Gasteiger partial charge is 0.335 e. The average molecular weight is 408 g/mol. The van der Waals surface area contributed by atoms with Gasteiger partial charge in [-0.15, -0.1) is 0 Å². The maximum absolute atomic E-state index is 13.3. The summed E-state index contributed by atoms with van der Waals surface area (Å²) in [6.45, 7) is 1.27. The molecule has 4 atom stereocenters. The number of carbonyl (C=O) groups is 2. The minimum absolute atomic E-state index is 0.0853. The van der Waals surface area contributed by atoms with Crippen molar-refractivity contribution in [1.82, 2.24) is 20.2 Å². The molecule has 4 rings (SSSR count). The van der Waals surface area contributed by atoms with Gasteiger partial charge in [0.2, 0.25) is 11.7 Å². The number of halogens is 3. The summed E-state index contributed by atoms with van der Waals surface area (Å²) >= 11 is 0. The van der Waals surface area contributed by atoms with E-state index in [9.17, 15) is 22.8 Å². The zero-order chi connectivity index (χ0) is 20.8. The summed E-state index contributed by atoms with van der Waals surface area (Å²) in [6.07, 6.45) is -0.00611. The summed E-state index contributed by atoms with van der Waals surface area (Å²) in [5, 5.41) is 4.94. The normalized spacial score (nSPS) is 24.6. The third-order valence-corrected chi connectivity index (χ3v) is 6.26. The van der Waals surface area contributed by atoms with Gasteiger partial charge in [0.15, 0.2) is 0 Å².